The lowest BCUT2D eigenvalue weighted by Crippen LogP contribution is -2.23. The number of nitrogens with one attached hydrogen (secondary N) is 1. The second kappa shape index (κ2) is 4.45. The fourth-order valence-electron chi connectivity index (χ4n) is 1.06. The maximum Gasteiger partial charge on any atom is 0.0831 e. The molecule has 0 aliphatic carbocycles. The van der Waals surface area contributed by atoms with Gasteiger partial charge in [-0.3, -0.25) is 16.0 Å². The fraction of sp³-hybridized carbons (Fsp3) is 0.571. The monoisotopic (exact) mass is 188 g/mol. The lowest BCUT2D eigenvalue weighted by molar-refractivity contribution is 0.555. The Balaban J connectivity index is 2.80. The summed E-state index contributed by atoms with van der Waals surface area (Å²) in [6.07, 6.45) is 2.68. The Labute approximate surface area is 76.7 Å². The molecular weight excluding hydrogens is 176 g/mol. The van der Waals surface area contributed by atoms with Gasteiger partial charge in [0.05, 0.1) is 23.5 Å². The van der Waals surface area contributed by atoms with Crippen LogP contribution in [0.25, 0.3) is 0 Å². The normalized spacial score (nSPS) is 10.6. The van der Waals surface area contributed by atoms with Crippen LogP contribution in [0.15, 0.2) is 6.20 Å². The predicted octanol–water partition coefficient (Wildman–Crippen LogP) is 0.910. The van der Waals surface area contributed by atoms with Crippen LogP contribution in [0.5, 0.6) is 0 Å². The van der Waals surface area contributed by atoms with Crippen molar-refractivity contribution in [3.05, 3.63) is 16.9 Å². The van der Waals surface area contributed by atoms with Crippen molar-refractivity contribution in [2.75, 3.05) is 0 Å². The van der Waals surface area contributed by atoms with E-state index in [2.05, 4.69) is 17.4 Å². The van der Waals surface area contributed by atoms with E-state index in [0.29, 0.717) is 11.6 Å². The maximum absolute atomic E-state index is 5.88. The molecule has 0 amide bonds. The number of aromatic nitrogens is 2. The Morgan fingerprint density at radius 3 is 3.08 bits per heavy atom. The van der Waals surface area contributed by atoms with Crippen LogP contribution < -0.4 is 11.3 Å². The van der Waals surface area contributed by atoms with Gasteiger partial charge in [0.1, 0.15) is 0 Å². The summed E-state index contributed by atoms with van der Waals surface area (Å²) in [5.41, 5.74) is 3.51. The molecule has 12 heavy (non-hydrogen) atoms. The maximum atomic E-state index is 5.88. The van der Waals surface area contributed by atoms with Crippen molar-refractivity contribution in [2.45, 2.75) is 26.4 Å². The van der Waals surface area contributed by atoms with Crippen LogP contribution in [0.3, 0.4) is 0 Å². The standard InChI is InChI=1S/C7H13ClN4/c1-2-3-12-7(5-10-9)6(8)4-11-12/h4,10H,2-3,5,9H2,1H3. The Kier molecular flexibility index (Phi) is 3.52. The van der Waals surface area contributed by atoms with Crippen molar-refractivity contribution in [3.8, 4) is 0 Å². The summed E-state index contributed by atoms with van der Waals surface area (Å²) in [6, 6.07) is 0. The number of rotatable bonds is 4. The Hall–Kier alpha value is -0.580. The van der Waals surface area contributed by atoms with Crippen LogP contribution in [0.4, 0.5) is 0 Å². The van der Waals surface area contributed by atoms with E-state index in [-0.39, 0.29) is 0 Å². The minimum atomic E-state index is 0.554. The third-order valence-electron chi connectivity index (χ3n) is 1.60. The summed E-state index contributed by atoms with van der Waals surface area (Å²) < 4.78 is 1.86. The summed E-state index contributed by atoms with van der Waals surface area (Å²) in [4.78, 5) is 0. The van der Waals surface area contributed by atoms with E-state index >= 15 is 0 Å². The zero-order chi connectivity index (χ0) is 8.97. The second-order valence-electron chi connectivity index (χ2n) is 2.54. The molecule has 1 heterocycles. The molecule has 0 saturated heterocycles. The molecule has 1 aromatic rings. The SMILES string of the molecule is CCCn1ncc(Cl)c1CNN. The number of aryl methyl sites for hydroxylation is 1. The predicted molar refractivity (Wildman–Crippen MR) is 48.6 cm³/mol. The van der Waals surface area contributed by atoms with Crippen LogP contribution >= 0.6 is 11.6 Å². The van der Waals surface area contributed by atoms with Gasteiger partial charge in [-0.2, -0.15) is 5.10 Å². The van der Waals surface area contributed by atoms with Crippen molar-refractivity contribution in [1.82, 2.24) is 15.2 Å². The number of nitrogens with two attached hydrogens (primary N) is 1. The average molecular weight is 189 g/mol. The van der Waals surface area contributed by atoms with E-state index in [9.17, 15) is 0 Å². The van der Waals surface area contributed by atoms with Gasteiger partial charge in [0.25, 0.3) is 0 Å². The zero-order valence-corrected chi connectivity index (χ0v) is 7.80. The van der Waals surface area contributed by atoms with Crippen molar-refractivity contribution in [2.24, 2.45) is 5.84 Å². The molecule has 0 saturated carbocycles. The van der Waals surface area contributed by atoms with Gasteiger partial charge in [-0.05, 0) is 6.42 Å². The molecular formula is C7H13ClN4. The summed E-state index contributed by atoms with van der Waals surface area (Å²) in [5, 5.41) is 4.78. The highest BCUT2D eigenvalue weighted by molar-refractivity contribution is 6.31. The number of hydrazine groups is 1. The van der Waals surface area contributed by atoms with Crippen molar-refractivity contribution >= 4 is 11.6 Å². The molecule has 1 aromatic heterocycles. The first kappa shape index (κ1) is 9.51. The lowest BCUT2D eigenvalue weighted by atomic mass is 10.4. The molecule has 68 valence electrons. The molecule has 0 unspecified atom stereocenters. The van der Waals surface area contributed by atoms with E-state index in [1.54, 1.807) is 6.20 Å². The highest BCUT2D eigenvalue weighted by Crippen LogP contribution is 2.14. The highest BCUT2D eigenvalue weighted by atomic mass is 35.5. The molecule has 1 rings (SSSR count). The van der Waals surface area contributed by atoms with E-state index in [1.165, 1.54) is 0 Å². The zero-order valence-electron chi connectivity index (χ0n) is 7.05. The van der Waals surface area contributed by atoms with Crippen LogP contribution in [-0.2, 0) is 13.1 Å². The third-order valence-corrected chi connectivity index (χ3v) is 1.92. The summed E-state index contributed by atoms with van der Waals surface area (Å²) in [6.45, 7) is 3.53. The number of hydrogen-bond donors (Lipinski definition) is 2. The largest absolute Gasteiger partial charge is 0.271 e. The molecule has 3 N–H and O–H groups in total. The molecule has 0 aliphatic rings. The number of hydrogen-bond acceptors (Lipinski definition) is 3. The Morgan fingerprint density at radius 2 is 2.50 bits per heavy atom. The first-order valence-corrected chi connectivity index (χ1v) is 4.31. The molecule has 0 atom stereocenters. The quantitative estimate of drug-likeness (QED) is 0.546. The van der Waals surface area contributed by atoms with E-state index < -0.39 is 0 Å². The Bertz CT molecular complexity index is 246. The molecule has 0 aliphatic heterocycles. The molecule has 0 fully saturated rings. The van der Waals surface area contributed by atoms with Gasteiger partial charge in [-0.1, -0.05) is 18.5 Å². The number of halogens is 1. The van der Waals surface area contributed by atoms with Gasteiger partial charge in [0, 0.05) is 6.54 Å². The molecule has 0 radical (unpaired) electrons. The van der Waals surface area contributed by atoms with Gasteiger partial charge in [-0.25, -0.2) is 0 Å². The van der Waals surface area contributed by atoms with E-state index in [1.807, 2.05) is 4.68 Å². The topological polar surface area (TPSA) is 55.9 Å². The van der Waals surface area contributed by atoms with Gasteiger partial charge in [0.2, 0.25) is 0 Å². The highest BCUT2D eigenvalue weighted by Gasteiger charge is 2.06. The van der Waals surface area contributed by atoms with Gasteiger partial charge >= 0.3 is 0 Å². The summed E-state index contributed by atoms with van der Waals surface area (Å²) in [5.74, 6) is 5.20. The molecule has 5 heteroatoms. The van der Waals surface area contributed by atoms with Crippen LogP contribution in [0.2, 0.25) is 5.02 Å². The smallest absolute Gasteiger partial charge is 0.0831 e. The minimum Gasteiger partial charge on any atom is -0.271 e. The fourth-order valence-corrected chi connectivity index (χ4v) is 1.27. The van der Waals surface area contributed by atoms with Gasteiger partial charge < -0.3 is 0 Å². The number of nitrogens with zero attached hydrogens (tertiary/aromatic N) is 2. The average Bonchev–Trinajstić information content (AvgIpc) is 2.37. The first-order valence-electron chi connectivity index (χ1n) is 3.93. The summed E-state index contributed by atoms with van der Waals surface area (Å²) >= 11 is 5.88. The van der Waals surface area contributed by atoms with E-state index in [0.717, 1.165) is 18.7 Å². The van der Waals surface area contributed by atoms with Crippen molar-refractivity contribution < 1.29 is 0 Å². The molecule has 0 aromatic carbocycles. The van der Waals surface area contributed by atoms with Crippen LogP contribution in [0.1, 0.15) is 19.0 Å². The van der Waals surface area contributed by atoms with Gasteiger partial charge in [-0.15, -0.1) is 0 Å². The van der Waals surface area contributed by atoms with Crippen LogP contribution in [-0.4, -0.2) is 9.78 Å². The summed E-state index contributed by atoms with van der Waals surface area (Å²) in [7, 11) is 0. The van der Waals surface area contributed by atoms with Crippen LogP contribution in [0, 0.1) is 0 Å². The first-order chi connectivity index (χ1) is 5.79. The minimum absolute atomic E-state index is 0.554. The van der Waals surface area contributed by atoms with E-state index in [4.69, 9.17) is 17.4 Å². The molecule has 0 bridgehead atoms. The van der Waals surface area contributed by atoms with Crippen molar-refractivity contribution in [3.63, 3.8) is 0 Å². The lowest BCUT2D eigenvalue weighted by Gasteiger charge is -2.04. The van der Waals surface area contributed by atoms with Crippen molar-refractivity contribution in [1.29, 1.82) is 0 Å². The van der Waals surface area contributed by atoms with Gasteiger partial charge in [0.15, 0.2) is 0 Å². The molecule has 0 spiro atoms. The molecule has 4 nitrogen and oxygen atoms in total. The second-order valence-corrected chi connectivity index (χ2v) is 2.95. The Morgan fingerprint density at radius 1 is 1.75 bits per heavy atom. The third kappa shape index (κ3) is 1.97.